The van der Waals surface area contributed by atoms with E-state index in [1.165, 1.54) is 0 Å². The summed E-state index contributed by atoms with van der Waals surface area (Å²) in [6.45, 7) is 4.20. The lowest BCUT2D eigenvalue weighted by Gasteiger charge is -2.26. The fourth-order valence-electron chi connectivity index (χ4n) is 1.43. The van der Waals surface area contributed by atoms with Crippen molar-refractivity contribution in [3.05, 3.63) is 0 Å². The largest absolute Gasteiger partial charge is 0.300 e. The molecule has 0 bridgehead atoms. The summed E-state index contributed by atoms with van der Waals surface area (Å²) in [4.78, 5) is 42.2. The first-order valence-electron chi connectivity index (χ1n) is 5.69. The lowest BCUT2D eigenvalue weighted by atomic mass is 9.84. The molecule has 4 amide bonds. The number of piperidine rings is 1. The van der Waals surface area contributed by atoms with E-state index in [1.54, 1.807) is 0 Å². The van der Waals surface area contributed by atoms with Gasteiger partial charge >= 0.3 is 0 Å². The SMILES string of the molecule is CC1(C)CCC(=O)NC1=O.O=C1CNCC(=O)N1. The third kappa shape index (κ3) is 4.25. The molecule has 0 atom stereocenters. The van der Waals surface area contributed by atoms with Crippen molar-refractivity contribution in [1.29, 1.82) is 0 Å². The molecule has 7 heteroatoms. The second-order valence-electron chi connectivity index (χ2n) is 4.84. The van der Waals surface area contributed by atoms with Gasteiger partial charge in [-0.2, -0.15) is 0 Å². The zero-order chi connectivity index (χ0) is 13.8. The number of nitrogens with one attached hydrogen (secondary N) is 3. The molecule has 2 heterocycles. The summed E-state index contributed by atoms with van der Waals surface area (Å²) in [5, 5.41) is 7.05. The molecule has 0 spiro atoms. The van der Waals surface area contributed by atoms with Gasteiger partial charge in [-0.05, 0) is 6.42 Å². The van der Waals surface area contributed by atoms with Gasteiger partial charge in [0.25, 0.3) is 0 Å². The average molecular weight is 255 g/mol. The van der Waals surface area contributed by atoms with Gasteiger partial charge in [-0.1, -0.05) is 13.8 Å². The van der Waals surface area contributed by atoms with Gasteiger partial charge in [-0.15, -0.1) is 0 Å². The molecule has 0 unspecified atom stereocenters. The van der Waals surface area contributed by atoms with E-state index in [0.717, 1.165) is 0 Å². The molecule has 2 rings (SSSR count). The van der Waals surface area contributed by atoms with Gasteiger partial charge < -0.3 is 0 Å². The van der Waals surface area contributed by atoms with E-state index in [2.05, 4.69) is 16.0 Å². The van der Waals surface area contributed by atoms with Crippen molar-refractivity contribution in [2.75, 3.05) is 13.1 Å². The monoisotopic (exact) mass is 255 g/mol. The molecule has 100 valence electrons. The first-order valence-corrected chi connectivity index (χ1v) is 5.69. The Bertz CT molecular complexity index is 376. The summed E-state index contributed by atoms with van der Waals surface area (Å²) in [6.07, 6.45) is 1.14. The van der Waals surface area contributed by atoms with E-state index in [-0.39, 0.29) is 42.1 Å². The average Bonchev–Trinajstić information content (AvgIpc) is 2.25. The smallest absolute Gasteiger partial charge is 0.240 e. The van der Waals surface area contributed by atoms with Crippen LogP contribution in [0.25, 0.3) is 0 Å². The fourth-order valence-corrected chi connectivity index (χ4v) is 1.43. The van der Waals surface area contributed by atoms with Gasteiger partial charge in [0.15, 0.2) is 0 Å². The molecule has 0 saturated carbocycles. The molecule has 18 heavy (non-hydrogen) atoms. The van der Waals surface area contributed by atoms with Gasteiger partial charge in [0.2, 0.25) is 23.6 Å². The number of carbonyl (C=O) groups is 4. The highest BCUT2D eigenvalue weighted by Crippen LogP contribution is 2.25. The van der Waals surface area contributed by atoms with Gasteiger partial charge in [0.1, 0.15) is 0 Å². The molecule has 2 aliphatic heterocycles. The summed E-state index contributed by atoms with van der Waals surface area (Å²) in [5.41, 5.74) is -0.353. The van der Waals surface area contributed by atoms with Crippen molar-refractivity contribution in [2.24, 2.45) is 5.41 Å². The van der Waals surface area contributed by atoms with Crippen molar-refractivity contribution in [1.82, 2.24) is 16.0 Å². The van der Waals surface area contributed by atoms with E-state index in [1.807, 2.05) is 13.8 Å². The Labute approximate surface area is 105 Å². The van der Waals surface area contributed by atoms with Gasteiger partial charge in [-0.25, -0.2) is 0 Å². The Morgan fingerprint density at radius 3 is 1.78 bits per heavy atom. The number of piperazine rings is 1. The Kier molecular flexibility index (Phi) is 4.55. The predicted octanol–water partition coefficient (Wildman–Crippen LogP) is -1.32. The van der Waals surface area contributed by atoms with Crippen LogP contribution >= 0.6 is 0 Å². The van der Waals surface area contributed by atoms with Crippen molar-refractivity contribution in [3.8, 4) is 0 Å². The Morgan fingerprint density at radius 2 is 1.44 bits per heavy atom. The lowest BCUT2D eigenvalue weighted by molar-refractivity contribution is -0.140. The van der Waals surface area contributed by atoms with Crippen LogP contribution in [0.1, 0.15) is 26.7 Å². The number of carbonyl (C=O) groups excluding carboxylic acids is 4. The molecular weight excluding hydrogens is 238 g/mol. The van der Waals surface area contributed by atoms with Crippen LogP contribution in [-0.2, 0) is 19.2 Å². The normalized spacial score (nSPS) is 22.6. The molecule has 7 nitrogen and oxygen atoms in total. The first kappa shape index (κ1) is 14.3. The molecule has 3 N–H and O–H groups in total. The summed E-state index contributed by atoms with van der Waals surface area (Å²) in [6, 6.07) is 0. The highest BCUT2D eigenvalue weighted by Gasteiger charge is 2.33. The third-order valence-corrected chi connectivity index (χ3v) is 2.69. The molecule has 0 aromatic carbocycles. The highest BCUT2D eigenvalue weighted by molar-refractivity contribution is 6.00. The maximum absolute atomic E-state index is 11.0. The number of hydrogen-bond acceptors (Lipinski definition) is 5. The van der Waals surface area contributed by atoms with Gasteiger partial charge in [-0.3, -0.25) is 35.1 Å². The number of hydrogen-bond donors (Lipinski definition) is 3. The molecule has 2 saturated heterocycles. The Morgan fingerprint density at radius 1 is 0.889 bits per heavy atom. The zero-order valence-electron chi connectivity index (χ0n) is 10.5. The molecule has 0 aromatic heterocycles. The number of imide groups is 2. The predicted molar refractivity (Wildman–Crippen MR) is 62.2 cm³/mol. The molecule has 2 aliphatic rings. The van der Waals surface area contributed by atoms with E-state index in [4.69, 9.17) is 0 Å². The quantitative estimate of drug-likeness (QED) is 0.466. The fraction of sp³-hybridized carbons (Fsp3) is 0.636. The minimum Gasteiger partial charge on any atom is -0.300 e. The first-order chi connectivity index (χ1) is 8.31. The van der Waals surface area contributed by atoms with Crippen molar-refractivity contribution in [2.45, 2.75) is 26.7 Å². The van der Waals surface area contributed by atoms with Crippen LogP contribution in [0, 0.1) is 5.41 Å². The number of rotatable bonds is 0. The summed E-state index contributed by atoms with van der Waals surface area (Å²) in [5.74, 6) is -0.796. The molecule has 0 aliphatic carbocycles. The summed E-state index contributed by atoms with van der Waals surface area (Å²) in [7, 11) is 0. The van der Waals surface area contributed by atoms with Crippen LogP contribution in [0.3, 0.4) is 0 Å². The van der Waals surface area contributed by atoms with Crippen LogP contribution in [0.2, 0.25) is 0 Å². The van der Waals surface area contributed by atoms with Crippen LogP contribution in [0.15, 0.2) is 0 Å². The highest BCUT2D eigenvalue weighted by atomic mass is 16.2. The van der Waals surface area contributed by atoms with Gasteiger partial charge in [0, 0.05) is 11.8 Å². The molecule has 0 radical (unpaired) electrons. The minimum atomic E-state index is -0.353. The van der Waals surface area contributed by atoms with Crippen LogP contribution < -0.4 is 16.0 Å². The lowest BCUT2D eigenvalue weighted by Crippen LogP contribution is -2.48. The topological polar surface area (TPSA) is 104 Å². The third-order valence-electron chi connectivity index (χ3n) is 2.69. The van der Waals surface area contributed by atoms with Crippen LogP contribution in [0.5, 0.6) is 0 Å². The summed E-state index contributed by atoms with van der Waals surface area (Å²) < 4.78 is 0. The maximum Gasteiger partial charge on any atom is 0.240 e. The van der Waals surface area contributed by atoms with Crippen molar-refractivity contribution >= 4 is 23.6 Å². The van der Waals surface area contributed by atoms with E-state index >= 15 is 0 Å². The minimum absolute atomic E-state index is 0.149. The Balaban J connectivity index is 0.000000184. The van der Waals surface area contributed by atoms with E-state index < -0.39 is 0 Å². The maximum atomic E-state index is 11.0. The van der Waals surface area contributed by atoms with E-state index in [0.29, 0.717) is 12.8 Å². The molecular formula is C11H17N3O4. The molecule has 0 aromatic rings. The molecule has 2 fully saturated rings. The second-order valence-corrected chi connectivity index (χ2v) is 4.84. The van der Waals surface area contributed by atoms with Crippen LogP contribution in [-0.4, -0.2) is 36.7 Å². The standard InChI is InChI=1S/C7H11NO2.C4H6N2O2/c1-7(2)4-3-5(9)8-6(7)10;7-3-1-5-2-4(8)6-3/h3-4H2,1-2H3,(H,8,9,10);5H,1-2H2,(H,6,7,8). The van der Waals surface area contributed by atoms with Crippen molar-refractivity contribution in [3.63, 3.8) is 0 Å². The number of amides is 4. The Hall–Kier alpha value is -1.76. The van der Waals surface area contributed by atoms with Crippen molar-refractivity contribution < 1.29 is 19.2 Å². The second kappa shape index (κ2) is 5.72. The zero-order valence-corrected chi connectivity index (χ0v) is 10.5. The van der Waals surface area contributed by atoms with Crippen LogP contribution in [0.4, 0.5) is 0 Å². The van der Waals surface area contributed by atoms with Gasteiger partial charge in [0.05, 0.1) is 13.1 Å². The summed E-state index contributed by atoms with van der Waals surface area (Å²) >= 11 is 0. The van der Waals surface area contributed by atoms with E-state index in [9.17, 15) is 19.2 Å².